The number of nitrogens with zero attached hydrogens (tertiary/aromatic N) is 2. The van der Waals surface area contributed by atoms with E-state index in [0.717, 1.165) is 16.9 Å². The minimum Gasteiger partial charge on any atom is -0.497 e. The normalized spacial score (nSPS) is 15.9. The molecular weight excluding hydrogens is 368 g/mol. The van der Waals surface area contributed by atoms with Crippen LogP contribution in [0.5, 0.6) is 11.5 Å². The molecule has 2 aromatic rings. The first-order chi connectivity index (χ1) is 12.6. The molecule has 2 aromatic carbocycles. The molecule has 1 aliphatic rings. The van der Waals surface area contributed by atoms with Gasteiger partial charge in [0.1, 0.15) is 11.5 Å². The summed E-state index contributed by atoms with van der Waals surface area (Å²) < 4.78 is 10.8. The molecule has 26 heavy (non-hydrogen) atoms. The van der Waals surface area contributed by atoms with E-state index >= 15 is 0 Å². The highest BCUT2D eigenvalue weighted by Gasteiger charge is 2.32. The summed E-state index contributed by atoms with van der Waals surface area (Å²) in [5.41, 5.74) is 1.66. The van der Waals surface area contributed by atoms with E-state index in [1.165, 1.54) is 16.8 Å². The van der Waals surface area contributed by atoms with Crippen LogP contribution in [0, 0.1) is 0 Å². The van der Waals surface area contributed by atoms with Crippen molar-refractivity contribution in [2.24, 2.45) is 5.10 Å². The van der Waals surface area contributed by atoms with Crippen LogP contribution in [0.15, 0.2) is 58.5 Å². The Morgan fingerprint density at radius 1 is 1.08 bits per heavy atom. The van der Waals surface area contributed by atoms with E-state index in [0.29, 0.717) is 15.0 Å². The number of ether oxygens (including phenoxy) is 2. The van der Waals surface area contributed by atoms with Crippen LogP contribution in [-0.4, -0.2) is 35.7 Å². The predicted molar refractivity (Wildman–Crippen MR) is 109 cm³/mol. The van der Waals surface area contributed by atoms with E-state index in [2.05, 4.69) is 5.10 Å². The number of hydrazone groups is 1. The standard InChI is InChI=1S/C19H16N2O3S2/c1-23-15-9-7-13(8-10-15)12-20-21-18(22)17(26-19(21)25)11-14-5-3-4-6-16(14)24-2/h3-12H,1-2H3/b17-11+,20-12?. The van der Waals surface area contributed by atoms with Gasteiger partial charge in [-0.15, -0.1) is 0 Å². The molecule has 0 saturated carbocycles. The van der Waals surface area contributed by atoms with Gasteiger partial charge in [-0.3, -0.25) is 4.79 Å². The Morgan fingerprint density at radius 3 is 2.50 bits per heavy atom. The van der Waals surface area contributed by atoms with Gasteiger partial charge in [-0.25, -0.2) is 0 Å². The Kier molecular flexibility index (Phi) is 5.70. The minimum absolute atomic E-state index is 0.254. The zero-order valence-electron chi connectivity index (χ0n) is 14.2. The largest absolute Gasteiger partial charge is 0.497 e. The first-order valence-corrected chi connectivity index (χ1v) is 8.94. The van der Waals surface area contributed by atoms with Crippen molar-refractivity contribution < 1.29 is 14.3 Å². The van der Waals surface area contributed by atoms with Crippen molar-refractivity contribution in [3.63, 3.8) is 0 Å². The smallest absolute Gasteiger partial charge is 0.286 e. The minimum atomic E-state index is -0.254. The highest BCUT2D eigenvalue weighted by Crippen LogP contribution is 2.34. The molecule has 1 aliphatic heterocycles. The molecule has 0 N–H and O–H groups in total. The summed E-state index contributed by atoms with van der Waals surface area (Å²) >= 11 is 6.51. The van der Waals surface area contributed by atoms with Crippen LogP contribution < -0.4 is 9.47 Å². The molecule has 0 aromatic heterocycles. The first kappa shape index (κ1) is 18.2. The van der Waals surface area contributed by atoms with Crippen molar-refractivity contribution >= 4 is 46.5 Å². The van der Waals surface area contributed by atoms with E-state index in [1.807, 2.05) is 48.5 Å². The van der Waals surface area contributed by atoms with E-state index in [9.17, 15) is 4.79 Å². The summed E-state index contributed by atoms with van der Waals surface area (Å²) in [7, 11) is 3.20. The van der Waals surface area contributed by atoms with E-state index in [1.54, 1.807) is 26.5 Å². The topological polar surface area (TPSA) is 51.1 Å². The number of amides is 1. The number of hydrogen-bond acceptors (Lipinski definition) is 6. The fourth-order valence-electron chi connectivity index (χ4n) is 2.30. The molecule has 0 radical (unpaired) electrons. The Bertz CT molecular complexity index is 892. The summed E-state index contributed by atoms with van der Waals surface area (Å²) in [6.45, 7) is 0. The number of carbonyl (C=O) groups excluding carboxylic acids is 1. The maximum absolute atomic E-state index is 12.6. The molecule has 132 valence electrons. The lowest BCUT2D eigenvalue weighted by Gasteiger charge is -2.06. The van der Waals surface area contributed by atoms with E-state index in [-0.39, 0.29) is 5.91 Å². The van der Waals surface area contributed by atoms with Gasteiger partial charge in [0, 0.05) is 5.56 Å². The highest BCUT2D eigenvalue weighted by atomic mass is 32.2. The lowest BCUT2D eigenvalue weighted by Crippen LogP contribution is -2.22. The average molecular weight is 384 g/mol. The van der Waals surface area contributed by atoms with Gasteiger partial charge in [-0.05, 0) is 54.2 Å². The molecule has 0 aliphatic carbocycles. The van der Waals surface area contributed by atoms with Crippen molar-refractivity contribution in [1.82, 2.24) is 5.01 Å². The predicted octanol–water partition coefficient (Wildman–Crippen LogP) is 3.94. The van der Waals surface area contributed by atoms with Gasteiger partial charge < -0.3 is 9.47 Å². The van der Waals surface area contributed by atoms with Crippen LogP contribution >= 0.6 is 24.0 Å². The first-order valence-electron chi connectivity index (χ1n) is 7.71. The number of carbonyl (C=O) groups is 1. The fraction of sp³-hybridized carbons (Fsp3) is 0.105. The Hall–Kier alpha value is -2.64. The van der Waals surface area contributed by atoms with Gasteiger partial charge in [-0.1, -0.05) is 30.0 Å². The van der Waals surface area contributed by atoms with Crippen molar-refractivity contribution in [3.8, 4) is 11.5 Å². The maximum Gasteiger partial charge on any atom is 0.286 e. The lowest BCUT2D eigenvalue weighted by molar-refractivity contribution is -0.122. The second-order valence-electron chi connectivity index (χ2n) is 5.25. The third-order valence-electron chi connectivity index (χ3n) is 3.64. The molecule has 0 bridgehead atoms. The average Bonchev–Trinajstić information content (AvgIpc) is 2.94. The van der Waals surface area contributed by atoms with Crippen molar-refractivity contribution in [3.05, 3.63) is 64.6 Å². The van der Waals surface area contributed by atoms with Crippen molar-refractivity contribution in [2.75, 3.05) is 14.2 Å². The number of thioether (sulfide) groups is 1. The zero-order chi connectivity index (χ0) is 18.5. The van der Waals surface area contributed by atoms with Crippen LogP contribution in [0.25, 0.3) is 6.08 Å². The zero-order valence-corrected chi connectivity index (χ0v) is 15.8. The number of methoxy groups -OCH3 is 2. The molecule has 3 rings (SSSR count). The van der Waals surface area contributed by atoms with Crippen molar-refractivity contribution in [2.45, 2.75) is 0 Å². The van der Waals surface area contributed by atoms with Crippen LogP contribution in [0.3, 0.4) is 0 Å². The molecular formula is C19H16N2O3S2. The van der Waals surface area contributed by atoms with Gasteiger partial charge in [-0.2, -0.15) is 10.1 Å². The molecule has 0 atom stereocenters. The number of benzene rings is 2. The molecule has 1 heterocycles. The number of rotatable bonds is 5. The van der Waals surface area contributed by atoms with Crippen LogP contribution in [0.2, 0.25) is 0 Å². The molecule has 7 heteroatoms. The number of thiocarbonyl (C=S) groups is 1. The molecule has 5 nitrogen and oxygen atoms in total. The number of para-hydroxylation sites is 1. The third-order valence-corrected chi connectivity index (χ3v) is 4.92. The SMILES string of the molecule is COc1ccc(C=NN2C(=O)/C(=C\c3ccccc3OC)SC2=S)cc1. The molecule has 0 spiro atoms. The Morgan fingerprint density at radius 2 is 1.81 bits per heavy atom. The van der Waals surface area contributed by atoms with Gasteiger partial charge >= 0.3 is 0 Å². The fourth-order valence-corrected chi connectivity index (χ4v) is 3.46. The summed E-state index contributed by atoms with van der Waals surface area (Å²) in [5.74, 6) is 1.20. The van der Waals surface area contributed by atoms with Crippen LogP contribution in [-0.2, 0) is 4.79 Å². The third kappa shape index (κ3) is 3.95. The van der Waals surface area contributed by atoms with Crippen molar-refractivity contribution in [1.29, 1.82) is 0 Å². The lowest BCUT2D eigenvalue weighted by atomic mass is 10.2. The van der Waals surface area contributed by atoms with Gasteiger partial charge in [0.2, 0.25) is 0 Å². The Labute approximate surface area is 161 Å². The van der Waals surface area contributed by atoms with Crippen LogP contribution in [0.1, 0.15) is 11.1 Å². The second-order valence-corrected chi connectivity index (χ2v) is 6.93. The maximum atomic E-state index is 12.6. The summed E-state index contributed by atoms with van der Waals surface area (Å²) in [5, 5.41) is 5.46. The Balaban J connectivity index is 1.80. The quantitative estimate of drug-likeness (QED) is 0.444. The summed E-state index contributed by atoms with van der Waals surface area (Å²) in [6.07, 6.45) is 3.36. The molecule has 0 unspecified atom stereocenters. The second kappa shape index (κ2) is 8.16. The van der Waals surface area contributed by atoms with Gasteiger partial charge in [0.15, 0.2) is 4.32 Å². The number of hydrogen-bond donors (Lipinski definition) is 0. The van der Waals surface area contributed by atoms with E-state index in [4.69, 9.17) is 21.7 Å². The summed E-state index contributed by atoms with van der Waals surface area (Å²) in [6, 6.07) is 14.8. The summed E-state index contributed by atoms with van der Waals surface area (Å²) in [4.78, 5) is 13.1. The van der Waals surface area contributed by atoms with Gasteiger partial charge in [0.05, 0.1) is 25.3 Å². The molecule has 1 amide bonds. The van der Waals surface area contributed by atoms with Gasteiger partial charge in [0.25, 0.3) is 5.91 Å². The van der Waals surface area contributed by atoms with Crippen LogP contribution in [0.4, 0.5) is 0 Å². The van der Waals surface area contributed by atoms with E-state index < -0.39 is 0 Å². The molecule has 1 saturated heterocycles. The molecule has 1 fully saturated rings. The highest BCUT2D eigenvalue weighted by molar-refractivity contribution is 8.26. The monoisotopic (exact) mass is 384 g/mol.